The monoisotopic (exact) mass is 340 g/mol. The molecule has 0 bridgehead atoms. The number of sulfonamides is 1. The Morgan fingerprint density at radius 3 is 2.77 bits per heavy atom. The zero-order valence-electron chi connectivity index (χ0n) is 11.6. The Labute approximate surface area is 131 Å². The molecular weight excluding hydrogens is 327 g/mol. The molecule has 0 aliphatic heterocycles. The quantitative estimate of drug-likeness (QED) is 0.870. The van der Waals surface area contributed by atoms with E-state index < -0.39 is 21.4 Å². The van der Waals surface area contributed by atoms with E-state index >= 15 is 0 Å². The number of hydrogen-bond donors (Lipinski definition) is 2. The van der Waals surface area contributed by atoms with Crippen LogP contribution in [-0.4, -0.2) is 20.1 Å². The zero-order valence-corrected chi connectivity index (χ0v) is 13.2. The number of halogens is 1. The second-order valence-corrected chi connectivity index (χ2v) is 7.41. The third-order valence-corrected chi connectivity index (χ3v) is 5.20. The molecular formula is C14H13FN2O3S2. The van der Waals surface area contributed by atoms with Crippen LogP contribution in [0.5, 0.6) is 0 Å². The van der Waals surface area contributed by atoms with Crippen LogP contribution in [0, 0.1) is 17.1 Å². The van der Waals surface area contributed by atoms with E-state index in [0.717, 1.165) is 18.2 Å². The first-order chi connectivity index (χ1) is 10.3. The van der Waals surface area contributed by atoms with Crippen LogP contribution < -0.4 is 4.72 Å². The highest BCUT2D eigenvalue weighted by Gasteiger charge is 2.26. The number of benzene rings is 1. The van der Waals surface area contributed by atoms with E-state index in [0.29, 0.717) is 5.56 Å². The van der Waals surface area contributed by atoms with E-state index in [9.17, 15) is 17.9 Å². The molecule has 0 spiro atoms. The van der Waals surface area contributed by atoms with Crippen molar-refractivity contribution in [2.24, 2.45) is 0 Å². The summed E-state index contributed by atoms with van der Waals surface area (Å²) in [5.41, 5.74) is -1.13. The van der Waals surface area contributed by atoms with E-state index in [-0.39, 0.29) is 17.0 Å². The van der Waals surface area contributed by atoms with Crippen LogP contribution in [0.2, 0.25) is 0 Å². The highest BCUT2D eigenvalue weighted by Crippen LogP contribution is 2.23. The van der Waals surface area contributed by atoms with Gasteiger partial charge in [0.25, 0.3) is 0 Å². The maximum Gasteiger partial charge on any atom is 0.240 e. The summed E-state index contributed by atoms with van der Waals surface area (Å²) in [6.07, 6.45) is 0. The van der Waals surface area contributed by atoms with Crippen molar-refractivity contribution in [2.75, 3.05) is 6.54 Å². The van der Waals surface area contributed by atoms with Gasteiger partial charge in [-0.05, 0) is 47.5 Å². The van der Waals surface area contributed by atoms with Gasteiger partial charge in [-0.3, -0.25) is 0 Å². The molecule has 22 heavy (non-hydrogen) atoms. The molecule has 5 nitrogen and oxygen atoms in total. The molecule has 0 aliphatic rings. The van der Waals surface area contributed by atoms with Crippen molar-refractivity contribution in [3.63, 3.8) is 0 Å². The van der Waals surface area contributed by atoms with Crippen molar-refractivity contribution in [1.82, 2.24) is 4.72 Å². The van der Waals surface area contributed by atoms with Gasteiger partial charge in [-0.1, -0.05) is 0 Å². The number of thiophene rings is 1. The van der Waals surface area contributed by atoms with Crippen LogP contribution in [0.15, 0.2) is 39.9 Å². The highest BCUT2D eigenvalue weighted by atomic mass is 32.2. The van der Waals surface area contributed by atoms with E-state index in [1.54, 1.807) is 22.9 Å². The van der Waals surface area contributed by atoms with Crippen LogP contribution in [0.4, 0.5) is 4.39 Å². The minimum Gasteiger partial charge on any atom is -0.384 e. The van der Waals surface area contributed by atoms with Gasteiger partial charge in [0.15, 0.2) is 0 Å². The second kappa shape index (κ2) is 6.14. The number of aliphatic hydroxyl groups is 1. The second-order valence-electron chi connectivity index (χ2n) is 4.86. The Hall–Kier alpha value is -1.79. The van der Waals surface area contributed by atoms with Gasteiger partial charge in [-0.2, -0.15) is 16.6 Å². The lowest BCUT2D eigenvalue weighted by Crippen LogP contribution is -2.38. The Kier molecular flexibility index (Phi) is 4.63. The Bertz CT molecular complexity index is 809. The van der Waals surface area contributed by atoms with Gasteiger partial charge < -0.3 is 5.11 Å². The molecule has 0 amide bonds. The summed E-state index contributed by atoms with van der Waals surface area (Å²) in [4.78, 5) is -0.230. The van der Waals surface area contributed by atoms with Crippen molar-refractivity contribution in [3.8, 4) is 6.07 Å². The van der Waals surface area contributed by atoms with Gasteiger partial charge in [0, 0.05) is 6.54 Å². The molecule has 0 aliphatic carbocycles. The smallest absolute Gasteiger partial charge is 0.240 e. The van der Waals surface area contributed by atoms with Crippen LogP contribution in [0.1, 0.15) is 18.1 Å². The minimum absolute atomic E-state index is 0.230. The van der Waals surface area contributed by atoms with Gasteiger partial charge >= 0.3 is 0 Å². The summed E-state index contributed by atoms with van der Waals surface area (Å²) < 4.78 is 39.9. The first kappa shape index (κ1) is 16.6. The minimum atomic E-state index is -3.96. The molecule has 1 atom stereocenters. The number of rotatable bonds is 5. The summed E-state index contributed by atoms with van der Waals surface area (Å²) in [7, 11) is -3.96. The summed E-state index contributed by atoms with van der Waals surface area (Å²) in [5.74, 6) is -0.785. The summed E-state index contributed by atoms with van der Waals surface area (Å²) in [6, 6.07) is 6.23. The number of nitriles is 1. The lowest BCUT2D eigenvalue weighted by atomic mass is 10.0. The number of nitrogens with zero attached hydrogens (tertiary/aromatic N) is 1. The van der Waals surface area contributed by atoms with Crippen LogP contribution in [0.25, 0.3) is 0 Å². The zero-order chi connectivity index (χ0) is 16.4. The molecule has 1 aromatic heterocycles. The molecule has 0 fully saturated rings. The van der Waals surface area contributed by atoms with Gasteiger partial charge in [-0.25, -0.2) is 17.5 Å². The Morgan fingerprint density at radius 1 is 1.45 bits per heavy atom. The SMILES string of the molecule is CC(O)(CNS(=O)(=O)c1ccc(F)c(C#N)c1)c1ccsc1. The lowest BCUT2D eigenvalue weighted by Gasteiger charge is -2.22. The maximum atomic E-state index is 13.2. The van der Waals surface area contributed by atoms with Crippen molar-refractivity contribution in [2.45, 2.75) is 17.4 Å². The molecule has 0 saturated carbocycles. The lowest BCUT2D eigenvalue weighted by molar-refractivity contribution is 0.0632. The average molecular weight is 340 g/mol. The van der Waals surface area contributed by atoms with E-state index in [1.165, 1.54) is 18.3 Å². The maximum absolute atomic E-state index is 13.2. The Morgan fingerprint density at radius 2 is 2.18 bits per heavy atom. The third-order valence-electron chi connectivity index (χ3n) is 3.12. The highest BCUT2D eigenvalue weighted by molar-refractivity contribution is 7.89. The van der Waals surface area contributed by atoms with Gasteiger partial charge in [0.2, 0.25) is 10.0 Å². The fourth-order valence-corrected chi connectivity index (χ4v) is 3.69. The molecule has 8 heteroatoms. The molecule has 2 aromatic rings. The van der Waals surface area contributed by atoms with Crippen LogP contribution in [0.3, 0.4) is 0 Å². The van der Waals surface area contributed by atoms with Gasteiger partial charge in [0.1, 0.15) is 17.5 Å². The van der Waals surface area contributed by atoms with Crippen molar-refractivity contribution in [1.29, 1.82) is 5.26 Å². The normalized spacial score (nSPS) is 14.3. The molecule has 1 heterocycles. The summed E-state index contributed by atoms with van der Waals surface area (Å²) >= 11 is 1.39. The molecule has 2 N–H and O–H groups in total. The molecule has 1 aromatic carbocycles. The predicted octanol–water partition coefficient (Wildman–Crippen LogP) is 1.94. The molecule has 116 valence electrons. The molecule has 0 radical (unpaired) electrons. The standard InChI is InChI=1S/C14H13FN2O3S2/c1-14(18,11-4-5-21-8-11)9-17-22(19,20)12-2-3-13(15)10(6-12)7-16/h2-6,8,17-18H,9H2,1H3. The van der Waals surface area contributed by atoms with Gasteiger partial charge in [0.05, 0.1) is 10.5 Å². The topological polar surface area (TPSA) is 90.2 Å². The predicted molar refractivity (Wildman–Crippen MR) is 80.2 cm³/mol. The third kappa shape index (κ3) is 3.51. The van der Waals surface area contributed by atoms with E-state index in [1.807, 2.05) is 0 Å². The van der Waals surface area contributed by atoms with Crippen molar-refractivity contribution >= 4 is 21.4 Å². The van der Waals surface area contributed by atoms with Gasteiger partial charge in [-0.15, -0.1) is 0 Å². The first-order valence-electron chi connectivity index (χ1n) is 6.21. The van der Waals surface area contributed by atoms with Crippen molar-refractivity contribution < 1.29 is 17.9 Å². The number of nitrogens with one attached hydrogen (secondary N) is 1. The molecule has 1 unspecified atom stereocenters. The van der Waals surface area contributed by atoms with Crippen molar-refractivity contribution in [3.05, 3.63) is 52.0 Å². The molecule has 2 rings (SSSR count). The van der Waals surface area contributed by atoms with E-state index in [4.69, 9.17) is 5.26 Å². The molecule has 0 saturated heterocycles. The van der Waals surface area contributed by atoms with Crippen LogP contribution in [-0.2, 0) is 15.6 Å². The average Bonchev–Trinajstić information content (AvgIpc) is 3.01. The largest absolute Gasteiger partial charge is 0.384 e. The Balaban J connectivity index is 2.20. The fraction of sp³-hybridized carbons (Fsp3) is 0.214. The summed E-state index contributed by atoms with van der Waals surface area (Å²) in [6.45, 7) is 1.24. The summed E-state index contributed by atoms with van der Waals surface area (Å²) in [5, 5.41) is 22.5. The van der Waals surface area contributed by atoms with E-state index in [2.05, 4.69) is 4.72 Å². The van der Waals surface area contributed by atoms with Crippen LogP contribution >= 0.6 is 11.3 Å². The fourth-order valence-electron chi connectivity index (χ4n) is 1.75. The number of hydrogen-bond acceptors (Lipinski definition) is 5. The first-order valence-corrected chi connectivity index (χ1v) is 8.63.